The highest BCUT2D eigenvalue weighted by Gasteiger charge is 2.30. The van der Waals surface area contributed by atoms with Gasteiger partial charge in [0.1, 0.15) is 0 Å². The molecular weight excluding hydrogens is 290 g/mol. The third-order valence-corrected chi connectivity index (χ3v) is 4.15. The second-order valence-electron chi connectivity index (χ2n) is 5.47. The van der Waals surface area contributed by atoms with Crippen LogP contribution in [0.25, 0.3) is 27.6 Å². The Morgan fingerprint density at radius 1 is 0.870 bits per heavy atom. The van der Waals surface area contributed by atoms with E-state index in [-0.39, 0.29) is 17.2 Å². The molecule has 0 fully saturated rings. The van der Waals surface area contributed by atoms with E-state index in [9.17, 15) is 9.59 Å². The number of rotatable bonds is 0. The summed E-state index contributed by atoms with van der Waals surface area (Å²) < 4.78 is 1.39. The van der Waals surface area contributed by atoms with Crippen molar-refractivity contribution >= 4 is 27.7 Å². The highest BCUT2D eigenvalue weighted by Crippen LogP contribution is 2.26. The van der Waals surface area contributed by atoms with Crippen LogP contribution >= 0.6 is 0 Å². The number of fused-ring (bicyclic) bond motifs is 5. The van der Waals surface area contributed by atoms with E-state index in [0.717, 1.165) is 10.9 Å². The van der Waals surface area contributed by atoms with Gasteiger partial charge in [0.15, 0.2) is 11.5 Å². The lowest BCUT2D eigenvalue weighted by molar-refractivity contribution is 0.103. The van der Waals surface area contributed by atoms with Crippen LogP contribution in [0, 0.1) is 0 Å². The minimum atomic E-state index is -0.262. The fraction of sp³-hybridized carbons (Fsp3) is 0. The monoisotopic (exact) mass is 299 g/mol. The van der Waals surface area contributed by atoms with Crippen molar-refractivity contribution < 1.29 is 4.79 Å². The molecule has 108 valence electrons. The molecule has 0 saturated carbocycles. The molecular formula is C18H9N3O2. The van der Waals surface area contributed by atoms with Gasteiger partial charge in [0.25, 0.3) is 5.56 Å². The van der Waals surface area contributed by atoms with Gasteiger partial charge in [-0.1, -0.05) is 30.3 Å². The summed E-state index contributed by atoms with van der Waals surface area (Å²) >= 11 is 0. The second kappa shape index (κ2) is 4.10. The van der Waals surface area contributed by atoms with Gasteiger partial charge in [0.2, 0.25) is 5.78 Å². The Labute approximate surface area is 129 Å². The van der Waals surface area contributed by atoms with Crippen LogP contribution in [0.5, 0.6) is 0 Å². The van der Waals surface area contributed by atoms with Crippen LogP contribution in [-0.2, 0) is 0 Å². The fourth-order valence-electron chi connectivity index (χ4n) is 3.07. The first kappa shape index (κ1) is 12.2. The average molecular weight is 299 g/mol. The first-order valence-corrected chi connectivity index (χ1v) is 7.21. The van der Waals surface area contributed by atoms with Crippen molar-refractivity contribution in [2.75, 3.05) is 0 Å². The third kappa shape index (κ3) is 1.51. The van der Waals surface area contributed by atoms with Crippen LogP contribution in [0.2, 0.25) is 0 Å². The van der Waals surface area contributed by atoms with E-state index < -0.39 is 0 Å². The van der Waals surface area contributed by atoms with E-state index in [4.69, 9.17) is 0 Å². The number of carbonyl (C=O) groups excluding carboxylic acids is 1. The van der Waals surface area contributed by atoms with Gasteiger partial charge in [-0.05, 0) is 24.3 Å². The zero-order chi connectivity index (χ0) is 15.6. The quantitative estimate of drug-likeness (QED) is 0.412. The van der Waals surface area contributed by atoms with Gasteiger partial charge in [0.05, 0.1) is 22.2 Å². The van der Waals surface area contributed by atoms with Crippen LogP contribution < -0.4 is 5.56 Å². The summed E-state index contributed by atoms with van der Waals surface area (Å²) in [5.74, 6) is -0.110. The predicted molar refractivity (Wildman–Crippen MR) is 86.1 cm³/mol. The molecule has 5 nitrogen and oxygen atoms in total. The molecule has 1 aliphatic heterocycles. The molecule has 0 spiro atoms. The molecule has 0 unspecified atom stereocenters. The van der Waals surface area contributed by atoms with Gasteiger partial charge >= 0.3 is 0 Å². The standard InChI is InChI=1S/C18H9N3O2/c22-15-11-6-2-4-8-14(11)21-17(15)20-16-12(18(21)23)9-10-5-1-3-7-13(10)19-16/h1-9H. The van der Waals surface area contributed by atoms with Gasteiger partial charge in [-0.3, -0.25) is 14.2 Å². The zero-order valence-corrected chi connectivity index (χ0v) is 11.9. The maximum atomic E-state index is 12.9. The zero-order valence-electron chi connectivity index (χ0n) is 11.9. The SMILES string of the molecule is O=C1c2ccccc2-n2c1nc1nc3ccccc3cc1c2=O. The van der Waals surface area contributed by atoms with Crippen molar-refractivity contribution in [1.29, 1.82) is 0 Å². The molecule has 0 aliphatic carbocycles. The number of hydrogen-bond donors (Lipinski definition) is 0. The van der Waals surface area contributed by atoms with E-state index in [1.165, 1.54) is 4.57 Å². The van der Waals surface area contributed by atoms with Crippen LogP contribution in [0.3, 0.4) is 0 Å². The van der Waals surface area contributed by atoms with Gasteiger partial charge in [-0.2, -0.15) is 0 Å². The smallest absolute Gasteiger partial charge is 0.268 e. The van der Waals surface area contributed by atoms with Crippen molar-refractivity contribution in [3.05, 3.63) is 76.3 Å². The molecule has 0 amide bonds. The first-order chi connectivity index (χ1) is 11.2. The first-order valence-electron chi connectivity index (χ1n) is 7.21. The molecule has 0 N–H and O–H groups in total. The summed E-state index contributed by atoms with van der Waals surface area (Å²) in [4.78, 5) is 34.2. The van der Waals surface area contributed by atoms with Crippen molar-refractivity contribution in [2.24, 2.45) is 0 Å². The fourth-order valence-corrected chi connectivity index (χ4v) is 3.07. The lowest BCUT2D eigenvalue weighted by Gasteiger charge is -2.06. The molecule has 4 aromatic rings. The van der Waals surface area contributed by atoms with Crippen LogP contribution in [0.4, 0.5) is 0 Å². The molecule has 2 aromatic carbocycles. The van der Waals surface area contributed by atoms with E-state index >= 15 is 0 Å². The number of aromatic nitrogens is 3. The van der Waals surface area contributed by atoms with Gasteiger partial charge in [-0.15, -0.1) is 0 Å². The maximum absolute atomic E-state index is 12.9. The lowest BCUT2D eigenvalue weighted by Crippen LogP contribution is -2.22. The topological polar surface area (TPSA) is 64.8 Å². The van der Waals surface area contributed by atoms with Crippen LogP contribution in [-0.4, -0.2) is 20.3 Å². The normalized spacial score (nSPS) is 12.6. The Morgan fingerprint density at radius 3 is 2.57 bits per heavy atom. The van der Waals surface area contributed by atoms with Gasteiger partial charge < -0.3 is 0 Å². The van der Waals surface area contributed by atoms with Crippen molar-refractivity contribution in [3.63, 3.8) is 0 Å². The summed E-state index contributed by atoms with van der Waals surface area (Å²) in [7, 11) is 0. The summed E-state index contributed by atoms with van der Waals surface area (Å²) in [6.45, 7) is 0. The molecule has 0 saturated heterocycles. The van der Waals surface area contributed by atoms with E-state index in [2.05, 4.69) is 9.97 Å². The largest absolute Gasteiger partial charge is 0.285 e. The number of hydrogen-bond acceptors (Lipinski definition) is 4. The highest BCUT2D eigenvalue weighted by molar-refractivity contribution is 6.13. The van der Waals surface area contributed by atoms with Crippen LogP contribution in [0.1, 0.15) is 16.2 Å². The van der Waals surface area contributed by atoms with Crippen molar-refractivity contribution in [3.8, 4) is 5.69 Å². The maximum Gasteiger partial charge on any atom is 0.268 e. The summed E-state index contributed by atoms with van der Waals surface area (Å²) in [5, 5.41) is 1.29. The van der Waals surface area contributed by atoms with Crippen LogP contribution in [0.15, 0.2) is 59.4 Å². The number of nitrogens with zero attached hydrogens (tertiary/aromatic N) is 3. The van der Waals surface area contributed by atoms with Crippen molar-refractivity contribution in [2.45, 2.75) is 0 Å². The minimum absolute atomic E-state index is 0.131. The number of pyridine rings is 1. The molecule has 3 heterocycles. The number of ketones is 1. The number of carbonyl (C=O) groups is 1. The van der Waals surface area contributed by atoms with E-state index in [0.29, 0.717) is 22.3 Å². The molecule has 0 atom stereocenters. The Bertz CT molecular complexity index is 1210. The number of para-hydroxylation sites is 2. The Morgan fingerprint density at radius 2 is 1.65 bits per heavy atom. The molecule has 5 heteroatoms. The molecule has 0 bridgehead atoms. The highest BCUT2D eigenvalue weighted by atomic mass is 16.1. The molecule has 0 radical (unpaired) electrons. The molecule has 1 aliphatic rings. The predicted octanol–water partition coefficient (Wildman–Crippen LogP) is 2.48. The van der Waals surface area contributed by atoms with E-state index in [1.807, 2.05) is 24.3 Å². The summed E-state index contributed by atoms with van der Waals surface area (Å²) in [5.41, 5.74) is 1.87. The molecule has 5 rings (SSSR count). The average Bonchev–Trinajstić information content (AvgIpc) is 2.87. The molecule has 2 aromatic heterocycles. The summed E-state index contributed by atoms with van der Waals surface area (Å²) in [6.07, 6.45) is 0. The molecule has 23 heavy (non-hydrogen) atoms. The summed E-state index contributed by atoms with van der Waals surface area (Å²) in [6, 6.07) is 16.4. The lowest BCUT2D eigenvalue weighted by atomic mass is 10.1. The van der Waals surface area contributed by atoms with Crippen molar-refractivity contribution in [1.82, 2.24) is 14.5 Å². The van der Waals surface area contributed by atoms with Gasteiger partial charge in [0, 0.05) is 5.39 Å². The van der Waals surface area contributed by atoms with Gasteiger partial charge in [-0.25, -0.2) is 9.97 Å². The van der Waals surface area contributed by atoms with E-state index in [1.54, 1.807) is 30.3 Å². The Hall–Kier alpha value is -3.34. The Balaban J connectivity index is 1.98. The second-order valence-corrected chi connectivity index (χ2v) is 5.47. The number of benzene rings is 2. The Kier molecular flexibility index (Phi) is 2.18. The third-order valence-electron chi connectivity index (χ3n) is 4.15. The minimum Gasteiger partial charge on any atom is -0.285 e.